The van der Waals surface area contributed by atoms with Gasteiger partial charge in [0.2, 0.25) is 0 Å². The molecule has 0 aliphatic rings. The van der Waals surface area contributed by atoms with Crippen LogP contribution in [0.4, 0.5) is 18.9 Å². The van der Waals surface area contributed by atoms with Gasteiger partial charge >= 0.3 is 12.1 Å². The molecular weight excluding hydrogens is 457 g/mol. The van der Waals surface area contributed by atoms with Gasteiger partial charge < -0.3 is 15.0 Å². The molecule has 2 N–H and O–H groups in total. The van der Waals surface area contributed by atoms with Gasteiger partial charge in [-0.05, 0) is 72.3 Å². The highest BCUT2D eigenvalue weighted by atomic mass is 19.4. The molecule has 35 heavy (non-hydrogen) atoms. The molecule has 8 heteroatoms. The molecule has 4 rings (SSSR count). The molecule has 0 saturated carbocycles. The number of carboxylic acid groups (broad SMARTS) is 1. The van der Waals surface area contributed by atoms with Crippen LogP contribution in [0.2, 0.25) is 0 Å². The van der Waals surface area contributed by atoms with Crippen molar-refractivity contribution in [1.29, 1.82) is 0 Å². The number of hydrogen-bond acceptors (Lipinski definition) is 3. The molecule has 180 valence electrons. The van der Waals surface area contributed by atoms with E-state index in [1.807, 2.05) is 19.9 Å². The Hall–Kier alpha value is -4.07. The summed E-state index contributed by atoms with van der Waals surface area (Å²) in [5, 5.41) is 13.9. The Balaban J connectivity index is 1.86. The van der Waals surface area contributed by atoms with Gasteiger partial charge in [-0.3, -0.25) is 4.79 Å². The average molecular weight is 480 g/mol. The summed E-state index contributed by atoms with van der Waals surface area (Å²) in [7, 11) is 1.58. The van der Waals surface area contributed by atoms with E-state index >= 15 is 0 Å². The molecular formula is C27H23F3N2O3. The van der Waals surface area contributed by atoms with Crippen LogP contribution in [-0.4, -0.2) is 15.6 Å². The largest absolute Gasteiger partial charge is 0.478 e. The van der Waals surface area contributed by atoms with Crippen LogP contribution < -0.4 is 10.9 Å². The quantitative estimate of drug-likeness (QED) is 0.347. The Morgan fingerprint density at radius 3 is 2.29 bits per heavy atom. The zero-order valence-electron chi connectivity index (χ0n) is 19.3. The monoisotopic (exact) mass is 480 g/mol. The number of aromatic carboxylic acids is 1. The maximum atomic E-state index is 13.3. The first kappa shape index (κ1) is 24.1. The molecule has 0 radical (unpaired) electrons. The van der Waals surface area contributed by atoms with E-state index in [1.165, 1.54) is 22.8 Å². The van der Waals surface area contributed by atoms with Crippen molar-refractivity contribution in [1.82, 2.24) is 4.57 Å². The maximum absolute atomic E-state index is 13.3. The average Bonchev–Trinajstić information content (AvgIpc) is 2.81. The number of hydrogen-bond donors (Lipinski definition) is 2. The molecule has 1 atom stereocenters. The molecule has 0 fully saturated rings. The van der Waals surface area contributed by atoms with Gasteiger partial charge in [-0.25, -0.2) is 4.79 Å². The molecule has 0 aliphatic heterocycles. The zero-order valence-corrected chi connectivity index (χ0v) is 19.3. The third-order valence-electron chi connectivity index (χ3n) is 6.04. The number of nitrogens with one attached hydrogen (secondary N) is 1. The number of alkyl halides is 3. The summed E-state index contributed by atoms with van der Waals surface area (Å²) in [6, 6.07) is 16.3. The summed E-state index contributed by atoms with van der Waals surface area (Å²) in [5.74, 6) is -1.06. The number of carbonyl (C=O) groups is 1. The smallest absolute Gasteiger partial charge is 0.416 e. The third-order valence-corrected chi connectivity index (χ3v) is 6.04. The van der Waals surface area contributed by atoms with Crippen molar-refractivity contribution in [3.63, 3.8) is 0 Å². The number of anilines is 1. The standard InChI is InChI=1S/C27H23F3N2O3/c1-15-12-20(16(2)31-23-7-5-4-6-19(23)26(34)35)21-14-24(32(3)25(33)22(21)13-15)17-8-10-18(11-9-17)27(28,29)30/h4-14,16,31H,1-3H3,(H,34,35). The minimum atomic E-state index is -4.45. The van der Waals surface area contributed by atoms with E-state index in [-0.39, 0.29) is 17.2 Å². The van der Waals surface area contributed by atoms with Crippen LogP contribution in [0.5, 0.6) is 0 Å². The Kier molecular flexibility index (Phi) is 6.15. The lowest BCUT2D eigenvalue weighted by Gasteiger charge is -2.21. The molecule has 0 bridgehead atoms. The highest BCUT2D eigenvalue weighted by molar-refractivity contribution is 5.94. The minimum Gasteiger partial charge on any atom is -0.478 e. The van der Waals surface area contributed by atoms with Crippen LogP contribution >= 0.6 is 0 Å². The van der Waals surface area contributed by atoms with Crippen LogP contribution in [0.15, 0.2) is 71.5 Å². The zero-order chi connectivity index (χ0) is 25.5. The lowest BCUT2D eigenvalue weighted by atomic mass is 9.95. The number of halogens is 3. The first-order chi connectivity index (χ1) is 16.5. The van der Waals surface area contributed by atoms with Crippen LogP contribution in [0.1, 0.15) is 40.0 Å². The third kappa shape index (κ3) is 4.64. The number of pyridine rings is 1. The van der Waals surface area contributed by atoms with Crippen LogP contribution in [0.25, 0.3) is 22.0 Å². The molecule has 4 aromatic rings. The summed E-state index contributed by atoms with van der Waals surface area (Å²) in [6.07, 6.45) is -4.45. The van der Waals surface area contributed by atoms with Crippen molar-refractivity contribution in [2.24, 2.45) is 7.05 Å². The lowest BCUT2D eigenvalue weighted by Crippen LogP contribution is -2.20. The summed E-state index contributed by atoms with van der Waals surface area (Å²) in [6.45, 7) is 3.73. The number of aromatic nitrogens is 1. The van der Waals surface area contributed by atoms with Gasteiger partial charge in [0.05, 0.1) is 16.8 Å². The topological polar surface area (TPSA) is 71.3 Å². The number of nitrogens with zero attached hydrogens (tertiary/aromatic N) is 1. The summed E-state index contributed by atoms with van der Waals surface area (Å²) >= 11 is 0. The van der Waals surface area contributed by atoms with Crippen molar-refractivity contribution in [2.75, 3.05) is 5.32 Å². The first-order valence-corrected chi connectivity index (χ1v) is 10.9. The molecule has 1 unspecified atom stereocenters. The number of aryl methyl sites for hydroxylation is 1. The SMILES string of the molecule is Cc1cc(C(C)Nc2ccccc2C(=O)O)c2cc(-c3ccc(C(F)(F)F)cc3)n(C)c(=O)c2c1. The highest BCUT2D eigenvalue weighted by Crippen LogP contribution is 2.33. The maximum Gasteiger partial charge on any atom is 0.416 e. The van der Waals surface area contributed by atoms with Gasteiger partial charge in [0, 0.05) is 24.2 Å². The predicted molar refractivity (Wildman–Crippen MR) is 130 cm³/mol. The first-order valence-electron chi connectivity index (χ1n) is 10.9. The van der Waals surface area contributed by atoms with E-state index in [0.29, 0.717) is 27.7 Å². The molecule has 0 saturated heterocycles. The Labute approximate surface area is 199 Å². The molecule has 1 heterocycles. The van der Waals surface area contributed by atoms with E-state index in [1.54, 1.807) is 37.4 Å². The summed E-state index contributed by atoms with van der Waals surface area (Å²) in [4.78, 5) is 24.9. The van der Waals surface area contributed by atoms with E-state index in [9.17, 15) is 27.9 Å². The second kappa shape index (κ2) is 8.94. The Bertz CT molecular complexity index is 1490. The van der Waals surface area contributed by atoms with E-state index in [4.69, 9.17) is 0 Å². The van der Waals surface area contributed by atoms with Crippen molar-refractivity contribution < 1.29 is 23.1 Å². The Morgan fingerprint density at radius 1 is 1.00 bits per heavy atom. The van der Waals surface area contributed by atoms with Gasteiger partial charge in [0.15, 0.2) is 0 Å². The van der Waals surface area contributed by atoms with Gasteiger partial charge in [-0.15, -0.1) is 0 Å². The fraction of sp³-hybridized carbons (Fsp3) is 0.185. The molecule has 1 aromatic heterocycles. The van der Waals surface area contributed by atoms with Gasteiger partial charge in [-0.1, -0.05) is 30.3 Å². The van der Waals surface area contributed by atoms with Crippen LogP contribution in [0.3, 0.4) is 0 Å². The minimum absolute atomic E-state index is 0.123. The van der Waals surface area contributed by atoms with Crippen molar-refractivity contribution in [3.05, 3.63) is 99.3 Å². The van der Waals surface area contributed by atoms with Crippen molar-refractivity contribution in [3.8, 4) is 11.3 Å². The van der Waals surface area contributed by atoms with E-state index < -0.39 is 17.7 Å². The van der Waals surface area contributed by atoms with Gasteiger partial charge in [0.1, 0.15) is 0 Å². The molecule has 0 aliphatic carbocycles. The van der Waals surface area contributed by atoms with Crippen LogP contribution in [0, 0.1) is 6.92 Å². The van der Waals surface area contributed by atoms with E-state index in [0.717, 1.165) is 23.3 Å². The normalized spacial score (nSPS) is 12.5. The molecule has 5 nitrogen and oxygen atoms in total. The summed E-state index contributed by atoms with van der Waals surface area (Å²) in [5.41, 5.74) is 2.09. The number of benzene rings is 3. The Morgan fingerprint density at radius 2 is 1.66 bits per heavy atom. The second-order valence-electron chi connectivity index (χ2n) is 8.50. The predicted octanol–water partition coefficient (Wildman–Crippen LogP) is 6.40. The molecule has 0 amide bonds. The molecule has 3 aromatic carbocycles. The number of para-hydroxylation sites is 1. The van der Waals surface area contributed by atoms with Crippen LogP contribution in [-0.2, 0) is 13.2 Å². The molecule has 0 spiro atoms. The summed E-state index contributed by atoms with van der Waals surface area (Å²) < 4.78 is 40.5. The number of rotatable bonds is 5. The number of fused-ring (bicyclic) bond motifs is 1. The van der Waals surface area contributed by atoms with Crippen molar-refractivity contribution in [2.45, 2.75) is 26.1 Å². The number of carboxylic acids is 1. The second-order valence-corrected chi connectivity index (χ2v) is 8.50. The fourth-order valence-corrected chi connectivity index (χ4v) is 4.26. The fourth-order valence-electron chi connectivity index (χ4n) is 4.26. The highest BCUT2D eigenvalue weighted by Gasteiger charge is 2.30. The van der Waals surface area contributed by atoms with Crippen molar-refractivity contribution >= 4 is 22.4 Å². The van der Waals surface area contributed by atoms with Gasteiger partial charge in [0.25, 0.3) is 5.56 Å². The lowest BCUT2D eigenvalue weighted by molar-refractivity contribution is -0.137. The van der Waals surface area contributed by atoms with E-state index in [2.05, 4.69) is 5.32 Å². The van der Waals surface area contributed by atoms with Gasteiger partial charge in [-0.2, -0.15) is 13.2 Å².